The van der Waals surface area contributed by atoms with E-state index in [-0.39, 0.29) is 25.5 Å². The summed E-state index contributed by atoms with van der Waals surface area (Å²) in [7, 11) is 0. The third-order valence-electron chi connectivity index (χ3n) is 2.98. The van der Waals surface area contributed by atoms with Gasteiger partial charge >= 0.3 is 0 Å². The highest BCUT2D eigenvalue weighted by molar-refractivity contribution is 6.33. The predicted octanol–water partition coefficient (Wildman–Crippen LogP) is -0.102. The van der Waals surface area contributed by atoms with E-state index < -0.39 is 12.2 Å². The van der Waals surface area contributed by atoms with Gasteiger partial charge in [-0.25, -0.2) is 0 Å². The minimum absolute atomic E-state index is 0.108. The SMILES string of the molecule is Nc1cc(NC(=O)CN2CC(O)C(O)C2)ccc1Cl. The third-order valence-corrected chi connectivity index (χ3v) is 3.33. The summed E-state index contributed by atoms with van der Waals surface area (Å²) in [6.07, 6.45) is -1.59. The molecule has 1 aromatic carbocycles. The van der Waals surface area contributed by atoms with Crippen molar-refractivity contribution >= 4 is 28.9 Å². The van der Waals surface area contributed by atoms with Gasteiger partial charge < -0.3 is 21.3 Å². The van der Waals surface area contributed by atoms with E-state index in [4.69, 9.17) is 17.3 Å². The Morgan fingerprint density at radius 2 is 2.05 bits per heavy atom. The molecule has 2 atom stereocenters. The van der Waals surface area contributed by atoms with Gasteiger partial charge in [-0.15, -0.1) is 0 Å². The van der Waals surface area contributed by atoms with E-state index in [1.165, 1.54) is 0 Å². The summed E-state index contributed by atoms with van der Waals surface area (Å²) < 4.78 is 0. The van der Waals surface area contributed by atoms with Crippen LogP contribution in [0, 0.1) is 0 Å². The molecule has 1 heterocycles. The predicted molar refractivity (Wildman–Crippen MR) is 72.9 cm³/mol. The van der Waals surface area contributed by atoms with E-state index in [9.17, 15) is 15.0 Å². The zero-order valence-corrected chi connectivity index (χ0v) is 11.0. The first kappa shape index (κ1) is 14.1. The van der Waals surface area contributed by atoms with Gasteiger partial charge in [0.05, 0.1) is 29.5 Å². The van der Waals surface area contributed by atoms with Crippen LogP contribution in [0.25, 0.3) is 0 Å². The number of nitrogen functional groups attached to an aromatic ring is 1. The Kier molecular flexibility index (Phi) is 4.26. The van der Waals surface area contributed by atoms with Crippen LogP contribution >= 0.6 is 11.6 Å². The van der Waals surface area contributed by atoms with E-state index in [1.54, 1.807) is 23.1 Å². The van der Waals surface area contributed by atoms with E-state index in [2.05, 4.69) is 5.32 Å². The monoisotopic (exact) mass is 285 g/mol. The summed E-state index contributed by atoms with van der Waals surface area (Å²) >= 11 is 5.79. The van der Waals surface area contributed by atoms with Gasteiger partial charge in [0, 0.05) is 18.8 Å². The van der Waals surface area contributed by atoms with E-state index in [1.807, 2.05) is 0 Å². The Morgan fingerprint density at radius 1 is 1.42 bits per heavy atom. The minimum Gasteiger partial charge on any atom is -0.397 e. The fraction of sp³-hybridized carbons (Fsp3) is 0.417. The summed E-state index contributed by atoms with van der Waals surface area (Å²) in [5.74, 6) is -0.233. The largest absolute Gasteiger partial charge is 0.397 e. The van der Waals surface area contributed by atoms with Crippen molar-refractivity contribution in [3.05, 3.63) is 23.2 Å². The second kappa shape index (κ2) is 5.75. The Labute approximate surface area is 115 Å². The molecule has 0 spiro atoms. The number of halogens is 1. The van der Waals surface area contributed by atoms with Crippen molar-refractivity contribution < 1.29 is 15.0 Å². The molecule has 0 aromatic heterocycles. The fourth-order valence-electron chi connectivity index (χ4n) is 2.00. The van der Waals surface area contributed by atoms with E-state index >= 15 is 0 Å². The van der Waals surface area contributed by atoms with Crippen LogP contribution in [0.4, 0.5) is 11.4 Å². The highest BCUT2D eigenvalue weighted by Gasteiger charge is 2.30. The topological polar surface area (TPSA) is 98.8 Å². The molecule has 2 unspecified atom stereocenters. The normalized spacial score (nSPS) is 23.5. The number of hydrogen-bond acceptors (Lipinski definition) is 5. The van der Waals surface area contributed by atoms with Crippen LogP contribution in [0.3, 0.4) is 0 Å². The van der Waals surface area contributed by atoms with E-state index in [0.29, 0.717) is 16.4 Å². The molecule has 2 rings (SSSR count). The van der Waals surface area contributed by atoms with Crippen molar-refractivity contribution in [3.8, 4) is 0 Å². The summed E-state index contributed by atoms with van der Waals surface area (Å²) in [6, 6.07) is 4.84. The van der Waals surface area contributed by atoms with Crippen LogP contribution in [0.5, 0.6) is 0 Å². The zero-order chi connectivity index (χ0) is 14.0. The van der Waals surface area contributed by atoms with Gasteiger partial charge in [0.15, 0.2) is 0 Å². The van der Waals surface area contributed by atoms with Crippen molar-refractivity contribution in [2.75, 3.05) is 30.7 Å². The first-order valence-corrected chi connectivity index (χ1v) is 6.27. The van der Waals surface area contributed by atoms with E-state index in [0.717, 1.165) is 0 Å². The van der Waals surface area contributed by atoms with Gasteiger partial charge in [-0.3, -0.25) is 9.69 Å². The first-order valence-electron chi connectivity index (χ1n) is 5.89. The van der Waals surface area contributed by atoms with Crippen molar-refractivity contribution in [2.24, 2.45) is 0 Å². The fourth-order valence-corrected chi connectivity index (χ4v) is 2.12. The number of nitrogens with zero attached hydrogens (tertiary/aromatic N) is 1. The number of hydrogen-bond donors (Lipinski definition) is 4. The number of anilines is 2. The highest BCUT2D eigenvalue weighted by Crippen LogP contribution is 2.22. The molecule has 7 heteroatoms. The van der Waals surface area contributed by atoms with Crippen LogP contribution in [0.1, 0.15) is 0 Å². The molecule has 1 amide bonds. The lowest BCUT2D eigenvalue weighted by molar-refractivity contribution is -0.117. The molecule has 1 aliphatic heterocycles. The number of aliphatic hydroxyl groups is 2. The molecule has 0 radical (unpaired) electrons. The zero-order valence-electron chi connectivity index (χ0n) is 10.2. The molecule has 0 aliphatic carbocycles. The summed E-state index contributed by atoms with van der Waals surface area (Å²) in [5, 5.41) is 21.9. The Balaban J connectivity index is 1.89. The van der Waals surface area contributed by atoms with Crippen molar-refractivity contribution in [2.45, 2.75) is 12.2 Å². The van der Waals surface area contributed by atoms with Gasteiger partial charge in [0.25, 0.3) is 0 Å². The first-order chi connectivity index (χ1) is 8.95. The molecule has 0 saturated carbocycles. The van der Waals surface area contributed by atoms with Gasteiger partial charge in [0.2, 0.25) is 5.91 Å². The van der Waals surface area contributed by atoms with Crippen LogP contribution in [0.15, 0.2) is 18.2 Å². The number of carbonyl (C=O) groups excluding carboxylic acids is 1. The third kappa shape index (κ3) is 3.57. The number of rotatable bonds is 3. The quantitative estimate of drug-likeness (QED) is 0.581. The molecule has 1 aliphatic rings. The summed E-state index contributed by atoms with van der Waals surface area (Å²) in [4.78, 5) is 13.5. The van der Waals surface area contributed by atoms with Gasteiger partial charge in [-0.1, -0.05) is 11.6 Å². The average Bonchev–Trinajstić information content (AvgIpc) is 2.63. The average molecular weight is 286 g/mol. The number of amides is 1. The molecule has 1 aromatic rings. The minimum atomic E-state index is -0.793. The van der Waals surface area contributed by atoms with Gasteiger partial charge in [-0.05, 0) is 18.2 Å². The molecule has 0 bridgehead atoms. The molecular weight excluding hydrogens is 270 g/mol. The number of benzene rings is 1. The summed E-state index contributed by atoms with van der Waals surface area (Å²) in [6.45, 7) is 0.686. The maximum Gasteiger partial charge on any atom is 0.238 e. The van der Waals surface area contributed by atoms with Crippen LogP contribution in [-0.2, 0) is 4.79 Å². The molecule has 1 saturated heterocycles. The standard InChI is InChI=1S/C12H16ClN3O3/c13-8-2-1-7(3-9(8)14)15-12(19)6-16-4-10(17)11(18)5-16/h1-3,10-11,17-18H,4-6,14H2,(H,15,19). The maximum absolute atomic E-state index is 11.8. The van der Waals surface area contributed by atoms with Crippen LogP contribution < -0.4 is 11.1 Å². The molecule has 5 N–H and O–H groups in total. The molecule has 104 valence electrons. The Hall–Kier alpha value is -1.34. The second-order valence-electron chi connectivity index (χ2n) is 4.61. The molecule has 6 nitrogen and oxygen atoms in total. The highest BCUT2D eigenvalue weighted by atomic mass is 35.5. The number of β-amino-alcohol motifs (C(OH)–C–C–N with tert-alkyl or cyclic N) is 2. The Morgan fingerprint density at radius 3 is 2.63 bits per heavy atom. The van der Waals surface area contributed by atoms with Crippen molar-refractivity contribution in [1.82, 2.24) is 4.90 Å². The van der Waals surface area contributed by atoms with Crippen LogP contribution in [0.2, 0.25) is 5.02 Å². The Bertz CT molecular complexity index is 473. The van der Waals surface area contributed by atoms with Crippen LogP contribution in [-0.4, -0.2) is 52.9 Å². The molecule has 19 heavy (non-hydrogen) atoms. The summed E-state index contributed by atoms with van der Waals surface area (Å²) in [5.41, 5.74) is 6.59. The van der Waals surface area contributed by atoms with Crippen molar-refractivity contribution in [3.63, 3.8) is 0 Å². The molecular formula is C12H16ClN3O3. The number of nitrogens with two attached hydrogens (primary N) is 1. The second-order valence-corrected chi connectivity index (χ2v) is 5.02. The maximum atomic E-state index is 11.8. The lowest BCUT2D eigenvalue weighted by Crippen LogP contribution is -2.32. The smallest absolute Gasteiger partial charge is 0.238 e. The number of nitrogens with one attached hydrogen (secondary N) is 1. The number of carbonyl (C=O) groups is 1. The molecule has 1 fully saturated rings. The lowest BCUT2D eigenvalue weighted by Gasteiger charge is -2.14. The van der Waals surface area contributed by atoms with Gasteiger partial charge in [-0.2, -0.15) is 0 Å². The van der Waals surface area contributed by atoms with Gasteiger partial charge in [0.1, 0.15) is 0 Å². The number of likely N-dealkylation sites (tertiary alicyclic amines) is 1. The van der Waals surface area contributed by atoms with Crippen molar-refractivity contribution in [1.29, 1.82) is 0 Å². The lowest BCUT2D eigenvalue weighted by atomic mass is 10.3. The number of aliphatic hydroxyl groups excluding tert-OH is 2.